The van der Waals surface area contributed by atoms with Gasteiger partial charge in [0.2, 0.25) is 0 Å². The van der Waals surface area contributed by atoms with Gasteiger partial charge in [-0.15, -0.1) is 0 Å². The van der Waals surface area contributed by atoms with Crippen molar-refractivity contribution in [2.75, 3.05) is 5.32 Å². The number of rotatable bonds is 6. The fourth-order valence-corrected chi connectivity index (χ4v) is 2.59. The SMILES string of the molecule is CC(C)Oc1ccc(C(=O)NNC(=O)c2ccccc2NC(=O)c2ccco2)cc1. The van der Waals surface area contributed by atoms with Crippen molar-refractivity contribution in [1.82, 2.24) is 10.9 Å². The number of furan rings is 1. The minimum absolute atomic E-state index is 0.0253. The highest BCUT2D eigenvalue weighted by atomic mass is 16.5. The molecule has 0 radical (unpaired) electrons. The maximum atomic E-state index is 12.5. The number of nitrogens with one attached hydrogen (secondary N) is 3. The Hall–Kier alpha value is -4.07. The Kier molecular flexibility index (Phi) is 6.49. The number of hydrogen-bond donors (Lipinski definition) is 3. The van der Waals surface area contributed by atoms with Crippen LogP contribution in [0.4, 0.5) is 5.69 Å². The molecule has 0 aliphatic rings. The van der Waals surface area contributed by atoms with Gasteiger partial charge >= 0.3 is 0 Å². The molecule has 8 heteroatoms. The summed E-state index contributed by atoms with van der Waals surface area (Å²) in [4.78, 5) is 37.0. The molecule has 1 heterocycles. The Morgan fingerprint density at radius 2 is 1.53 bits per heavy atom. The first-order valence-electron chi connectivity index (χ1n) is 9.25. The van der Waals surface area contributed by atoms with Crippen LogP contribution in [0, 0.1) is 0 Å². The van der Waals surface area contributed by atoms with Gasteiger partial charge in [0.25, 0.3) is 17.7 Å². The van der Waals surface area contributed by atoms with Gasteiger partial charge in [-0.25, -0.2) is 0 Å². The van der Waals surface area contributed by atoms with Gasteiger partial charge in [0.15, 0.2) is 5.76 Å². The predicted molar refractivity (Wildman–Crippen MR) is 110 cm³/mol. The van der Waals surface area contributed by atoms with Gasteiger partial charge in [0.1, 0.15) is 5.75 Å². The van der Waals surface area contributed by atoms with Crippen molar-refractivity contribution in [1.29, 1.82) is 0 Å². The molecule has 0 aliphatic carbocycles. The van der Waals surface area contributed by atoms with Gasteiger partial charge in [-0.1, -0.05) is 12.1 Å². The van der Waals surface area contributed by atoms with Crippen LogP contribution in [0.2, 0.25) is 0 Å². The van der Waals surface area contributed by atoms with Crippen LogP contribution < -0.4 is 20.9 Å². The van der Waals surface area contributed by atoms with Gasteiger partial charge in [-0.3, -0.25) is 25.2 Å². The van der Waals surface area contributed by atoms with Crippen LogP contribution in [0.25, 0.3) is 0 Å². The first kappa shape index (κ1) is 20.7. The molecule has 0 fully saturated rings. The zero-order chi connectivity index (χ0) is 21.5. The number of carbonyl (C=O) groups is 3. The molecule has 2 aromatic carbocycles. The Morgan fingerprint density at radius 3 is 2.20 bits per heavy atom. The van der Waals surface area contributed by atoms with Crippen LogP contribution in [0.15, 0.2) is 71.3 Å². The molecular weight excluding hydrogens is 386 g/mol. The highest BCUT2D eigenvalue weighted by Crippen LogP contribution is 2.17. The average Bonchev–Trinajstić information content (AvgIpc) is 3.27. The van der Waals surface area contributed by atoms with Crippen molar-refractivity contribution < 1.29 is 23.5 Å². The number of benzene rings is 2. The molecule has 0 unspecified atom stereocenters. The standard InChI is InChI=1S/C22H21N3O5/c1-14(2)30-16-11-9-15(10-12-16)20(26)24-25-21(27)17-6-3-4-7-18(17)23-22(28)19-8-5-13-29-19/h3-14H,1-2H3,(H,23,28)(H,24,26)(H,25,27). The predicted octanol–water partition coefficient (Wildman–Crippen LogP) is 3.39. The Bertz CT molecular complexity index is 1030. The summed E-state index contributed by atoms with van der Waals surface area (Å²) in [6, 6.07) is 16.1. The molecule has 3 N–H and O–H groups in total. The highest BCUT2D eigenvalue weighted by molar-refractivity contribution is 6.08. The number of hydrazine groups is 1. The van der Waals surface area contributed by atoms with Crippen molar-refractivity contribution in [2.24, 2.45) is 0 Å². The van der Waals surface area contributed by atoms with Crippen molar-refractivity contribution >= 4 is 23.4 Å². The second kappa shape index (κ2) is 9.42. The normalized spacial score (nSPS) is 10.4. The summed E-state index contributed by atoms with van der Waals surface area (Å²) < 4.78 is 10.6. The van der Waals surface area contributed by atoms with Gasteiger partial charge < -0.3 is 14.5 Å². The lowest BCUT2D eigenvalue weighted by Gasteiger charge is -2.12. The third kappa shape index (κ3) is 5.26. The van der Waals surface area contributed by atoms with Gasteiger partial charge in [0.05, 0.1) is 23.6 Å². The summed E-state index contributed by atoms with van der Waals surface area (Å²) in [5.41, 5.74) is 5.51. The summed E-state index contributed by atoms with van der Waals surface area (Å²) in [7, 11) is 0. The number of amides is 3. The number of anilines is 1. The van der Waals surface area contributed by atoms with E-state index in [-0.39, 0.29) is 23.1 Å². The molecule has 3 aromatic rings. The van der Waals surface area contributed by atoms with Crippen molar-refractivity contribution in [3.05, 3.63) is 83.8 Å². The summed E-state index contributed by atoms with van der Waals surface area (Å²) in [5.74, 6) is -0.807. The second-order valence-electron chi connectivity index (χ2n) is 6.58. The van der Waals surface area contributed by atoms with Crippen molar-refractivity contribution in [2.45, 2.75) is 20.0 Å². The molecule has 3 rings (SSSR count). The maximum Gasteiger partial charge on any atom is 0.291 e. The van der Waals surface area contributed by atoms with Crippen molar-refractivity contribution in [3.8, 4) is 5.75 Å². The summed E-state index contributed by atoms with van der Waals surface area (Å²) >= 11 is 0. The number of para-hydroxylation sites is 1. The van der Waals surface area contributed by atoms with E-state index in [0.717, 1.165) is 0 Å². The van der Waals surface area contributed by atoms with Crippen LogP contribution in [0.1, 0.15) is 45.1 Å². The molecule has 154 valence electrons. The van der Waals surface area contributed by atoms with Crippen LogP contribution in [0.5, 0.6) is 5.75 Å². The van der Waals surface area contributed by atoms with Crippen LogP contribution in [-0.2, 0) is 0 Å². The van der Waals surface area contributed by atoms with Crippen LogP contribution in [-0.4, -0.2) is 23.8 Å². The molecule has 30 heavy (non-hydrogen) atoms. The lowest BCUT2D eigenvalue weighted by Crippen LogP contribution is -2.41. The van der Waals surface area contributed by atoms with Crippen molar-refractivity contribution in [3.63, 3.8) is 0 Å². The smallest absolute Gasteiger partial charge is 0.291 e. The number of carbonyl (C=O) groups excluding carboxylic acids is 3. The topological polar surface area (TPSA) is 110 Å². The molecular formula is C22H21N3O5. The van der Waals surface area contributed by atoms with E-state index in [9.17, 15) is 14.4 Å². The molecule has 3 amide bonds. The molecule has 8 nitrogen and oxygen atoms in total. The lowest BCUT2D eigenvalue weighted by molar-refractivity contribution is 0.0847. The Labute approximate surface area is 173 Å². The molecule has 0 aliphatic heterocycles. The maximum absolute atomic E-state index is 12.5. The molecule has 0 atom stereocenters. The Morgan fingerprint density at radius 1 is 0.833 bits per heavy atom. The molecule has 1 aromatic heterocycles. The lowest BCUT2D eigenvalue weighted by atomic mass is 10.1. The molecule has 0 saturated heterocycles. The van der Waals surface area contributed by atoms with Crippen LogP contribution >= 0.6 is 0 Å². The number of hydrogen-bond acceptors (Lipinski definition) is 5. The van der Waals surface area contributed by atoms with E-state index in [4.69, 9.17) is 9.15 Å². The second-order valence-corrected chi connectivity index (χ2v) is 6.58. The fraction of sp³-hybridized carbons (Fsp3) is 0.136. The minimum Gasteiger partial charge on any atom is -0.491 e. The number of ether oxygens (including phenoxy) is 1. The molecule has 0 saturated carbocycles. The van der Waals surface area contributed by atoms with E-state index in [1.807, 2.05) is 13.8 Å². The highest BCUT2D eigenvalue weighted by Gasteiger charge is 2.16. The zero-order valence-electron chi connectivity index (χ0n) is 16.5. The Balaban J connectivity index is 1.62. The minimum atomic E-state index is -0.585. The quantitative estimate of drug-likeness (QED) is 0.543. The van der Waals surface area contributed by atoms with Gasteiger partial charge in [-0.2, -0.15) is 0 Å². The summed E-state index contributed by atoms with van der Waals surface area (Å²) in [5, 5.41) is 2.61. The first-order chi connectivity index (χ1) is 14.4. The monoisotopic (exact) mass is 407 g/mol. The zero-order valence-corrected chi connectivity index (χ0v) is 16.5. The van der Waals surface area contributed by atoms with E-state index < -0.39 is 17.7 Å². The third-order valence-corrected chi connectivity index (χ3v) is 3.94. The largest absolute Gasteiger partial charge is 0.491 e. The van der Waals surface area contributed by atoms with E-state index >= 15 is 0 Å². The summed E-state index contributed by atoms with van der Waals surface area (Å²) in [6.07, 6.45) is 1.40. The summed E-state index contributed by atoms with van der Waals surface area (Å²) in [6.45, 7) is 3.82. The van der Waals surface area contributed by atoms with Gasteiger partial charge in [0, 0.05) is 5.56 Å². The van der Waals surface area contributed by atoms with E-state index in [2.05, 4.69) is 16.2 Å². The molecule has 0 bridgehead atoms. The third-order valence-electron chi connectivity index (χ3n) is 3.94. The average molecular weight is 407 g/mol. The fourth-order valence-electron chi connectivity index (χ4n) is 2.59. The first-order valence-corrected chi connectivity index (χ1v) is 9.25. The van der Waals surface area contributed by atoms with E-state index in [1.165, 1.54) is 18.4 Å². The molecule has 0 spiro atoms. The van der Waals surface area contributed by atoms with E-state index in [1.54, 1.807) is 48.5 Å². The van der Waals surface area contributed by atoms with E-state index in [0.29, 0.717) is 11.3 Å². The van der Waals surface area contributed by atoms with Crippen LogP contribution in [0.3, 0.4) is 0 Å². The van der Waals surface area contributed by atoms with Gasteiger partial charge in [-0.05, 0) is 62.4 Å².